The highest BCUT2D eigenvalue weighted by Crippen LogP contribution is 2.36. The number of piperazine rings is 1. The van der Waals surface area contributed by atoms with Crippen molar-refractivity contribution in [3.05, 3.63) is 94.7 Å². The molecule has 1 unspecified atom stereocenters. The third kappa shape index (κ3) is 14.5. The van der Waals surface area contributed by atoms with Gasteiger partial charge in [0.25, 0.3) is 0 Å². The van der Waals surface area contributed by atoms with Gasteiger partial charge in [-0.1, -0.05) is 68.8 Å². The normalized spacial score (nSPS) is 18.2. The molecule has 0 radical (unpaired) electrons. The minimum atomic E-state index is -3.52. The van der Waals surface area contributed by atoms with Crippen molar-refractivity contribution in [2.24, 2.45) is 5.41 Å². The Labute approximate surface area is 461 Å². The van der Waals surface area contributed by atoms with E-state index in [0.717, 1.165) is 98.7 Å². The first kappa shape index (κ1) is 57.1. The smallest absolute Gasteiger partial charge is 0.246 e. The number of aliphatic hydroxyl groups excluding tert-OH is 1. The Morgan fingerprint density at radius 1 is 0.948 bits per heavy atom. The Kier molecular flexibility index (Phi) is 18.6. The molecule has 3 aromatic carbocycles. The number of aryl methyl sites for hydroxylation is 1. The maximum Gasteiger partial charge on any atom is 0.246 e. The fourth-order valence-electron chi connectivity index (χ4n) is 10.3. The highest BCUT2D eigenvalue weighted by Gasteiger charge is 2.44. The largest absolute Gasteiger partial charge is 0.494 e. The summed E-state index contributed by atoms with van der Waals surface area (Å²) in [5, 5.41) is 23.3. The van der Waals surface area contributed by atoms with Crippen LogP contribution in [0.5, 0.6) is 5.75 Å². The Bertz CT molecular complexity index is 2960. The summed E-state index contributed by atoms with van der Waals surface area (Å²) >= 11 is 8.08. The average molecular weight is 1110 g/mol. The maximum atomic E-state index is 14.2. The van der Waals surface area contributed by atoms with Crippen molar-refractivity contribution in [1.29, 1.82) is 0 Å². The van der Waals surface area contributed by atoms with Crippen LogP contribution in [-0.4, -0.2) is 158 Å². The summed E-state index contributed by atoms with van der Waals surface area (Å²) in [7, 11) is -0.404. The number of nitrogens with one attached hydrogen (secondary N) is 4. The molecule has 5 heterocycles. The number of carbonyl (C=O) groups excluding carboxylic acids is 3. The molecule has 0 bridgehead atoms. The van der Waals surface area contributed by atoms with E-state index in [1.54, 1.807) is 42.7 Å². The Hall–Kier alpha value is -6.10. The lowest BCUT2D eigenvalue weighted by atomic mass is 9.85. The summed E-state index contributed by atoms with van der Waals surface area (Å²) < 4.78 is 31.6. The lowest BCUT2D eigenvalue weighted by molar-refractivity contribution is -0.144. The molecular weight excluding hydrogens is 1040 g/mol. The van der Waals surface area contributed by atoms with E-state index in [0.29, 0.717) is 47.5 Å². The van der Waals surface area contributed by atoms with Crippen LogP contribution in [0.15, 0.2) is 78.4 Å². The molecule has 8 rings (SSSR count). The van der Waals surface area contributed by atoms with Gasteiger partial charge >= 0.3 is 0 Å². The number of unbranched alkanes of at least 4 members (excludes halogenated alkanes) is 1. The number of hydrogen-bond donors (Lipinski definition) is 5. The fraction of sp³-hybridized carbons (Fsp3) is 0.491. The first-order valence-electron chi connectivity index (χ1n) is 26.3. The van der Waals surface area contributed by atoms with Crippen LogP contribution in [0.2, 0.25) is 5.02 Å². The lowest BCUT2D eigenvalue weighted by Gasteiger charge is -2.43. The van der Waals surface area contributed by atoms with Crippen LogP contribution in [0.25, 0.3) is 10.4 Å². The van der Waals surface area contributed by atoms with Crippen LogP contribution in [0.3, 0.4) is 0 Å². The lowest BCUT2D eigenvalue weighted by Crippen LogP contribution is -2.57. The molecule has 3 aliphatic heterocycles. The molecule has 3 atom stereocenters. The van der Waals surface area contributed by atoms with Crippen molar-refractivity contribution in [1.82, 2.24) is 40.3 Å². The monoisotopic (exact) mass is 1110 g/mol. The van der Waals surface area contributed by atoms with Gasteiger partial charge in [0, 0.05) is 90.0 Å². The molecule has 19 nitrogen and oxygen atoms in total. The van der Waals surface area contributed by atoms with Crippen LogP contribution in [0.1, 0.15) is 70.6 Å². The predicted molar refractivity (Wildman–Crippen MR) is 305 cm³/mol. The number of anilines is 6. The molecule has 3 aliphatic rings. The van der Waals surface area contributed by atoms with Crippen molar-refractivity contribution < 1.29 is 32.6 Å². The molecule has 0 saturated carbocycles. The molecule has 3 amide bonds. The quantitative estimate of drug-likeness (QED) is 0.0495. The zero-order valence-corrected chi connectivity index (χ0v) is 47.5. The minimum Gasteiger partial charge on any atom is -0.494 e. The fourth-order valence-corrected chi connectivity index (χ4v) is 11.7. The second-order valence-electron chi connectivity index (χ2n) is 21.3. The number of aliphatic hydroxyl groups is 1. The summed E-state index contributed by atoms with van der Waals surface area (Å²) in [5.41, 5.74) is 6.83. The van der Waals surface area contributed by atoms with Gasteiger partial charge in [-0.3, -0.25) is 23.6 Å². The zero-order valence-electron chi connectivity index (χ0n) is 45.1. The number of likely N-dealkylation sites (tertiary alicyclic amines) is 1. The Balaban J connectivity index is 0.750. The molecule has 77 heavy (non-hydrogen) atoms. The number of para-hydroxylation sites is 2. The number of piperidine rings is 1. The van der Waals surface area contributed by atoms with Gasteiger partial charge in [0.15, 0.2) is 5.82 Å². The van der Waals surface area contributed by atoms with Crippen molar-refractivity contribution in [3.8, 4) is 16.2 Å². The number of methoxy groups -OCH3 is 1. The number of rotatable bonds is 20. The third-order valence-electron chi connectivity index (χ3n) is 14.8. The highest BCUT2D eigenvalue weighted by molar-refractivity contribution is 7.92. The van der Waals surface area contributed by atoms with Gasteiger partial charge in [0.1, 0.15) is 22.9 Å². The second kappa shape index (κ2) is 25.1. The van der Waals surface area contributed by atoms with Crippen molar-refractivity contribution >= 4 is 85.2 Å². The van der Waals surface area contributed by atoms with Crippen molar-refractivity contribution in [2.45, 2.75) is 97.0 Å². The van der Waals surface area contributed by atoms with Gasteiger partial charge in [-0.2, -0.15) is 4.98 Å². The molecule has 3 fully saturated rings. The highest BCUT2D eigenvalue weighted by atomic mass is 35.5. The van der Waals surface area contributed by atoms with E-state index >= 15 is 0 Å². The number of benzene rings is 3. The van der Waals surface area contributed by atoms with Gasteiger partial charge in [-0.05, 0) is 80.0 Å². The van der Waals surface area contributed by atoms with Gasteiger partial charge in [0.05, 0.1) is 58.8 Å². The molecule has 22 heteroatoms. The van der Waals surface area contributed by atoms with E-state index in [4.69, 9.17) is 16.3 Å². The number of hydrogen-bond acceptors (Lipinski definition) is 16. The number of amides is 3. The minimum absolute atomic E-state index is 0.0271. The standard InChI is InChI=1S/C55H73ClN12O7S2/c1-36-49(76-35-59-36)38-17-15-37(16-18-38)32-57-52(71)46-31-41(69)34-68(46)53(72)50(55(2,3)4)62-48(70)14-10-11-23-65-26-28-67(29-27-65)39-21-24-66(25-22-39)40-19-20-44(47(30-40)75-6)61-54-58-33-42(56)51(63-54)60-43-12-8-9-13-45(43)64(5)77(7,73)74/h8-9,12-13,15-20,30,33,35,39,41,46,50,69H,10-11,14,21-29,31-32,34H2,1-7H3,(H,57,71)(H,62,70)(H2,58,60,61,63)/t41-,46-,50?/m1/s1. The second-order valence-corrected chi connectivity index (χ2v) is 24.5. The Morgan fingerprint density at radius 3 is 2.35 bits per heavy atom. The van der Waals surface area contributed by atoms with E-state index in [1.807, 2.05) is 69.6 Å². The maximum absolute atomic E-state index is 14.2. The number of ether oxygens (including phenoxy) is 1. The van der Waals surface area contributed by atoms with Crippen LogP contribution in [0.4, 0.5) is 34.5 Å². The molecule has 2 aromatic heterocycles. The molecule has 414 valence electrons. The molecule has 0 aliphatic carbocycles. The number of sulfonamides is 1. The predicted octanol–water partition coefficient (Wildman–Crippen LogP) is 7.02. The van der Waals surface area contributed by atoms with Gasteiger partial charge in [-0.25, -0.2) is 18.4 Å². The number of nitrogens with zero attached hydrogens (tertiary/aromatic N) is 8. The number of β-amino-alcohol motifs (C(OH)–C–C–N with tert-alkyl or cyclic N) is 1. The first-order valence-corrected chi connectivity index (χ1v) is 29.4. The number of thiazole rings is 1. The van der Waals surface area contributed by atoms with Crippen LogP contribution in [-0.2, 0) is 31.0 Å². The summed E-state index contributed by atoms with van der Waals surface area (Å²) in [5.74, 6) is 0.313. The van der Waals surface area contributed by atoms with Crippen LogP contribution >= 0.6 is 22.9 Å². The SMILES string of the molecule is COc1cc(N2CCC(N3CCN(CCCCC(=O)NC(C(=O)N4C[C@H](O)C[C@@H]4C(=O)NCc4ccc(-c5scnc5C)cc4)C(C)(C)C)CC3)CC2)ccc1Nc1ncc(Cl)c(Nc2ccccc2N(C)S(C)(=O)=O)n1. The van der Waals surface area contributed by atoms with E-state index in [1.165, 1.54) is 22.4 Å². The van der Waals surface area contributed by atoms with Crippen molar-refractivity contribution in [2.75, 3.05) is 92.6 Å². The van der Waals surface area contributed by atoms with Gasteiger partial charge in [-0.15, -0.1) is 11.3 Å². The molecular formula is C55H73ClN12O7S2. The van der Waals surface area contributed by atoms with Gasteiger partial charge in [0.2, 0.25) is 33.7 Å². The van der Waals surface area contributed by atoms with Crippen molar-refractivity contribution in [3.63, 3.8) is 0 Å². The molecule has 3 saturated heterocycles. The molecule has 0 spiro atoms. The summed E-state index contributed by atoms with van der Waals surface area (Å²) in [6, 6.07) is 19.8. The first-order chi connectivity index (χ1) is 36.7. The van der Waals surface area contributed by atoms with E-state index < -0.39 is 33.6 Å². The Morgan fingerprint density at radius 2 is 1.68 bits per heavy atom. The van der Waals surface area contributed by atoms with E-state index in [-0.39, 0.29) is 48.2 Å². The average Bonchev–Trinajstić information content (AvgIpc) is 4.04. The topological polar surface area (TPSA) is 218 Å². The third-order valence-corrected chi connectivity index (χ3v) is 17.2. The van der Waals surface area contributed by atoms with E-state index in [9.17, 15) is 27.9 Å². The molecule has 5 N–H and O–H groups in total. The zero-order chi connectivity index (χ0) is 55.0. The summed E-state index contributed by atoms with van der Waals surface area (Å²) in [6.45, 7) is 14.6. The number of halogens is 1. The number of aromatic nitrogens is 3. The van der Waals surface area contributed by atoms with E-state index in [2.05, 4.69) is 57.0 Å². The number of carbonyl (C=O) groups is 3. The van der Waals surface area contributed by atoms with Crippen LogP contribution < -0.4 is 35.2 Å². The summed E-state index contributed by atoms with van der Waals surface area (Å²) in [4.78, 5) is 64.4. The molecule has 5 aromatic rings. The van der Waals surface area contributed by atoms with Gasteiger partial charge < -0.3 is 45.8 Å². The van der Waals surface area contributed by atoms with Crippen LogP contribution in [0, 0.1) is 12.3 Å². The summed E-state index contributed by atoms with van der Waals surface area (Å²) in [6.07, 6.45) is 5.84.